The molecule has 0 saturated heterocycles. The second-order valence-corrected chi connectivity index (χ2v) is 7.50. The van der Waals surface area contributed by atoms with Crippen LogP contribution in [-0.4, -0.2) is 28.1 Å². The van der Waals surface area contributed by atoms with Gasteiger partial charge >= 0.3 is 0 Å². The van der Waals surface area contributed by atoms with Crippen molar-refractivity contribution in [1.82, 2.24) is 15.5 Å². The Bertz CT molecular complexity index is 751. The van der Waals surface area contributed by atoms with E-state index in [4.69, 9.17) is 0 Å². The van der Waals surface area contributed by atoms with Gasteiger partial charge in [0.25, 0.3) is 11.8 Å². The molecule has 0 unspecified atom stereocenters. The average molecular weight is 358 g/mol. The van der Waals surface area contributed by atoms with Gasteiger partial charge in [-0.25, -0.2) is 0 Å². The summed E-state index contributed by atoms with van der Waals surface area (Å²) in [6.07, 6.45) is 6.92. The summed E-state index contributed by atoms with van der Waals surface area (Å²) in [6, 6.07) is 7.23. The van der Waals surface area contributed by atoms with Crippen LogP contribution in [0.5, 0.6) is 0 Å². The first kappa shape index (κ1) is 17.5. The Kier molecular flexibility index (Phi) is 5.75. The van der Waals surface area contributed by atoms with E-state index >= 15 is 0 Å². The van der Waals surface area contributed by atoms with E-state index in [2.05, 4.69) is 20.8 Å². The fraction of sp³-hybridized carbons (Fsp3) is 0.444. The van der Waals surface area contributed by atoms with Gasteiger partial charge in [0.05, 0.1) is 0 Å². The highest BCUT2D eigenvalue weighted by Crippen LogP contribution is 2.19. The Labute approximate surface area is 151 Å². The Balaban J connectivity index is 1.64. The van der Waals surface area contributed by atoms with Gasteiger partial charge in [0.2, 0.25) is 5.01 Å². The number of hydrogen-bond acceptors (Lipinski definition) is 5. The van der Waals surface area contributed by atoms with Crippen LogP contribution in [0.2, 0.25) is 0 Å². The zero-order valence-corrected chi connectivity index (χ0v) is 15.1. The second-order valence-electron chi connectivity index (χ2n) is 6.32. The molecule has 1 fully saturated rings. The molecular formula is C18H22N4O2S. The van der Waals surface area contributed by atoms with Crippen LogP contribution in [0.1, 0.15) is 63.7 Å². The number of nitrogens with zero attached hydrogens (tertiary/aromatic N) is 2. The first-order valence-electron chi connectivity index (χ1n) is 8.64. The zero-order valence-electron chi connectivity index (χ0n) is 14.2. The molecule has 2 N–H and O–H groups in total. The van der Waals surface area contributed by atoms with Crippen LogP contribution in [-0.2, 0) is 0 Å². The van der Waals surface area contributed by atoms with E-state index < -0.39 is 0 Å². The normalized spacial score (nSPS) is 15.4. The van der Waals surface area contributed by atoms with E-state index in [0.717, 1.165) is 17.8 Å². The largest absolute Gasteiger partial charge is 0.349 e. The van der Waals surface area contributed by atoms with Crippen molar-refractivity contribution in [3.8, 4) is 0 Å². The number of hydrogen-bond donors (Lipinski definition) is 2. The van der Waals surface area contributed by atoms with Crippen molar-refractivity contribution < 1.29 is 9.59 Å². The molecule has 2 amide bonds. The third-order valence-corrected chi connectivity index (χ3v) is 5.13. The molecular weight excluding hydrogens is 336 g/mol. The lowest BCUT2D eigenvalue weighted by atomic mass is 10.1. The highest BCUT2D eigenvalue weighted by Gasteiger charge is 2.17. The number of amides is 2. The van der Waals surface area contributed by atoms with Gasteiger partial charge in [0.15, 0.2) is 0 Å². The van der Waals surface area contributed by atoms with Gasteiger partial charge in [-0.15, -0.1) is 10.2 Å². The van der Waals surface area contributed by atoms with E-state index in [-0.39, 0.29) is 17.9 Å². The standard InChI is InChI=1S/C18H22N4O2S/c1-12-21-22-18(25-12)17(24)20-15-10-6-7-13(11-15)16(23)19-14-8-4-2-3-5-9-14/h6-7,10-11,14H,2-5,8-9H2,1H3,(H,19,23)(H,20,24). The number of aromatic nitrogens is 2. The monoisotopic (exact) mass is 358 g/mol. The molecule has 3 rings (SSSR count). The number of rotatable bonds is 4. The maximum Gasteiger partial charge on any atom is 0.286 e. The van der Waals surface area contributed by atoms with Crippen LogP contribution in [0.4, 0.5) is 5.69 Å². The molecule has 1 heterocycles. The molecule has 0 atom stereocenters. The Morgan fingerprint density at radius 2 is 1.84 bits per heavy atom. The van der Waals surface area contributed by atoms with Crippen molar-refractivity contribution in [1.29, 1.82) is 0 Å². The molecule has 25 heavy (non-hydrogen) atoms. The smallest absolute Gasteiger partial charge is 0.286 e. The summed E-state index contributed by atoms with van der Waals surface area (Å²) >= 11 is 1.24. The fourth-order valence-electron chi connectivity index (χ4n) is 3.00. The molecule has 1 aliphatic carbocycles. The lowest BCUT2D eigenvalue weighted by molar-refractivity contribution is 0.0932. The van der Waals surface area contributed by atoms with E-state index in [1.807, 2.05) is 0 Å². The molecule has 132 valence electrons. The summed E-state index contributed by atoms with van der Waals surface area (Å²) in [6.45, 7) is 1.80. The van der Waals surface area contributed by atoms with Crippen molar-refractivity contribution >= 4 is 28.8 Å². The summed E-state index contributed by atoms with van der Waals surface area (Å²) in [5.41, 5.74) is 1.13. The number of anilines is 1. The summed E-state index contributed by atoms with van der Waals surface area (Å²) in [7, 11) is 0. The summed E-state index contributed by atoms with van der Waals surface area (Å²) in [5, 5.41) is 14.6. The Morgan fingerprint density at radius 1 is 1.08 bits per heavy atom. The van der Waals surface area contributed by atoms with Crippen LogP contribution in [0.25, 0.3) is 0 Å². The minimum atomic E-state index is -0.313. The molecule has 0 spiro atoms. The molecule has 6 nitrogen and oxygen atoms in total. The van der Waals surface area contributed by atoms with Crippen LogP contribution < -0.4 is 10.6 Å². The van der Waals surface area contributed by atoms with Crippen LogP contribution >= 0.6 is 11.3 Å². The quantitative estimate of drug-likeness (QED) is 0.819. The van der Waals surface area contributed by atoms with E-state index in [1.165, 1.54) is 37.0 Å². The maximum atomic E-state index is 12.5. The van der Waals surface area contributed by atoms with Gasteiger partial charge in [0.1, 0.15) is 5.01 Å². The van der Waals surface area contributed by atoms with Gasteiger partial charge < -0.3 is 10.6 Å². The van der Waals surface area contributed by atoms with Crippen LogP contribution in [0.3, 0.4) is 0 Å². The van der Waals surface area contributed by atoms with E-state index in [0.29, 0.717) is 16.3 Å². The van der Waals surface area contributed by atoms with Gasteiger partial charge in [0, 0.05) is 17.3 Å². The minimum absolute atomic E-state index is 0.0882. The van der Waals surface area contributed by atoms with Crippen molar-refractivity contribution in [2.75, 3.05) is 5.32 Å². The fourth-order valence-corrected chi connectivity index (χ4v) is 3.59. The van der Waals surface area contributed by atoms with Crippen molar-refractivity contribution in [3.63, 3.8) is 0 Å². The molecule has 0 bridgehead atoms. The van der Waals surface area contributed by atoms with Crippen molar-refractivity contribution in [2.45, 2.75) is 51.5 Å². The van der Waals surface area contributed by atoms with E-state index in [1.54, 1.807) is 31.2 Å². The number of nitrogens with one attached hydrogen (secondary N) is 2. The lowest BCUT2D eigenvalue weighted by Gasteiger charge is -2.16. The number of carbonyl (C=O) groups excluding carboxylic acids is 2. The summed E-state index contributed by atoms with van der Waals surface area (Å²) in [5.74, 6) is -0.401. The number of carbonyl (C=O) groups is 2. The highest BCUT2D eigenvalue weighted by molar-refractivity contribution is 7.13. The Hall–Kier alpha value is -2.28. The predicted molar refractivity (Wildman–Crippen MR) is 98.0 cm³/mol. The van der Waals surface area contributed by atoms with E-state index in [9.17, 15) is 9.59 Å². The van der Waals surface area contributed by atoms with Crippen LogP contribution in [0, 0.1) is 6.92 Å². The summed E-state index contributed by atoms with van der Waals surface area (Å²) < 4.78 is 0. The van der Waals surface area contributed by atoms with Gasteiger partial charge in [-0.3, -0.25) is 9.59 Å². The Morgan fingerprint density at radius 3 is 2.52 bits per heavy atom. The highest BCUT2D eigenvalue weighted by atomic mass is 32.1. The summed E-state index contributed by atoms with van der Waals surface area (Å²) in [4.78, 5) is 24.7. The third kappa shape index (κ3) is 4.85. The van der Waals surface area contributed by atoms with Crippen LogP contribution in [0.15, 0.2) is 24.3 Å². The number of aryl methyl sites for hydroxylation is 1. The molecule has 1 aliphatic rings. The molecule has 2 aromatic rings. The minimum Gasteiger partial charge on any atom is -0.349 e. The second kappa shape index (κ2) is 8.20. The third-order valence-electron chi connectivity index (χ3n) is 4.29. The molecule has 1 aromatic carbocycles. The topological polar surface area (TPSA) is 84.0 Å². The SMILES string of the molecule is Cc1nnc(C(=O)Nc2cccc(C(=O)NC3CCCCCC3)c2)s1. The van der Waals surface area contributed by atoms with Gasteiger partial charge in [-0.2, -0.15) is 0 Å². The molecule has 7 heteroatoms. The lowest BCUT2D eigenvalue weighted by Crippen LogP contribution is -2.34. The zero-order chi connectivity index (χ0) is 17.6. The number of benzene rings is 1. The predicted octanol–water partition coefficient (Wildman–Crippen LogP) is 3.55. The van der Waals surface area contributed by atoms with Gasteiger partial charge in [-0.05, 0) is 38.0 Å². The van der Waals surface area contributed by atoms with Crippen molar-refractivity contribution in [2.24, 2.45) is 0 Å². The van der Waals surface area contributed by atoms with Crippen molar-refractivity contribution in [3.05, 3.63) is 39.8 Å². The van der Waals surface area contributed by atoms with Gasteiger partial charge in [-0.1, -0.05) is 43.1 Å². The molecule has 0 aliphatic heterocycles. The average Bonchev–Trinajstić information content (AvgIpc) is 2.88. The first-order chi connectivity index (χ1) is 12.1. The maximum absolute atomic E-state index is 12.5. The molecule has 1 aromatic heterocycles. The first-order valence-corrected chi connectivity index (χ1v) is 9.46. The molecule has 0 radical (unpaired) electrons. The molecule has 1 saturated carbocycles.